The summed E-state index contributed by atoms with van der Waals surface area (Å²) in [5, 5.41) is 0. The van der Waals surface area contributed by atoms with Gasteiger partial charge < -0.3 is 3.90 Å². The predicted octanol–water partition coefficient (Wildman–Crippen LogP) is 3.98. The molecular formula is C6H17Cl4N2Si4. The molecule has 1 aliphatic heterocycles. The Bertz CT molecular complexity index is 284. The van der Waals surface area contributed by atoms with Crippen molar-refractivity contribution in [3.05, 3.63) is 0 Å². The van der Waals surface area contributed by atoms with Gasteiger partial charge in [-0.15, -0.1) is 33.2 Å². The van der Waals surface area contributed by atoms with E-state index >= 15 is 0 Å². The van der Waals surface area contributed by atoms with Crippen molar-refractivity contribution in [1.82, 2.24) is 7.65 Å². The van der Waals surface area contributed by atoms with E-state index in [0.29, 0.717) is 0 Å². The van der Waals surface area contributed by atoms with E-state index in [9.17, 15) is 0 Å². The molecule has 1 unspecified atom stereocenters. The molecule has 0 aromatic heterocycles. The third kappa shape index (κ3) is 2.61. The topological polar surface area (TPSA) is 6.48 Å². The van der Waals surface area contributed by atoms with Crippen LogP contribution in [0, 0.1) is 0 Å². The van der Waals surface area contributed by atoms with Crippen LogP contribution in [0.4, 0.5) is 0 Å². The Kier molecular flexibility index (Phi) is 4.81. The zero-order valence-electron chi connectivity index (χ0n) is 10.1. The quantitative estimate of drug-likeness (QED) is 0.421. The van der Waals surface area contributed by atoms with Gasteiger partial charge in [-0.25, -0.2) is 3.75 Å². The van der Waals surface area contributed by atoms with Gasteiger partial charge in [-0.3, -0.25) is 0 Å². The Morgan fingerprint density at radius 1 is 1.12 bits per heavy atom. The van der Waals surface area contributed by atoms with Gasteiger partial charge in [-0.2, -0.15) is 0 Å². The lowest BCUT2D eigenvalue weighted by Crippen LogP contribution is -2.91. The number of rotatable bonds is 3. The molecule has 0 amide bonds. The van der Waals surface area contributed by atoms with Crippen LogP contribution in [-0.4, -0.2) is 39.4 Å². The normalized spacial score (nSPS) is 31.9. The summed E-state index contributed by atoms with van der Waals surface area (Å²) < 4.78 is 4.34. The van der Waals surface area contributed by atoms with E-state index in [1.54, 1.807) is 0 Å². The number of hydrogen-bond donors (Lipinski definition) is 0. The maximum Gasteiger partial charge on any atom is 0.413 e. The fraction of sp³-hybridized carbons (Fsp3) is 1.00. The predicted molar refractivity (Wildman–Crippen MR) is 84.2 cm³/mol. The average molecular weight is 371 g/mol. The molecule has 0 spiro atoms. The highest BCUT2D eigenvalue weighted by atomic mass is 35.8. The van der Waals surface area contributed by atoms with E-state index in [2.05, 4.69) is 40.4 Å². The lowest BCUT2D eigenvalue weighted by molar-refractivity contribution is 0.655. The van der Waals surface area contributed by atoms with Crippen LogP contribution in [0.3, 0.4) is 0 Å². The Balaban J connectivity index is 3.02. The van der Waals surface area contributed by atoms with Gasteiger partial charge in [0, 0.05) is 8.80 Å². The first-order chi connectivity index (χ1) is 6.94. The second-order valence-electron chi connectivity index (χ2n) is 5.18. The van der Waals surface area contributed by atoms with Crippen LogP contribution in [0.25, 0.3) is 0 Å². The molecule has 1 radical (unpaired) electrons. The zero-order chi connectivity index (χ0) is 12.9. The van der Waals surface area contributed by atoms with Crippen LogP contribution in [0.2, 0.25) is 38.4 Å². The minimum atomic E-state index is -2.79. The minimum absolute atomic E-state index is 0.364. The monoisotopic (exact) mass is 369 g/mol. The summed E-state index contributed by atoms with van der Waals surface area (Å²) >= 11 is 25.2. The van der Waals surface area contributed by atoms with E-state index in [1.165, 1.54) is 0 Å². The van der Waals surface area contributed by atoms with Crippen molar-refractivity contribution >= 4 is 76.8 Å². The van der Waals surface area contributed by atoms with E-state index in [0.717, 1.165) is 5.67 Å². The molecule has 1 heterocycles. The second kappa shape index (κ2) is 4.81. The summed E-state index contributed by atoms with van der Waals surface area (Å²) in [6, 6.07) is 0. The summed E-state index contributed by atoms with van der Waals surface area (Å²) in [6.07, 6.45) is -2.79. The van der Waals surface area contributed by atoms with Crippen molar-refractivity contribution in [2.24, 2.45) is 0 Å². The van der Waals surface area contributed by atoms with Crippen molar-refractivity contribution < 1.29 is 0 Å². The third-order valence-electron chi connectivity index (χ3n) is 2.87. The van der Waals surface area contributed by atoms with Crippen LogP contribution in [-0.2, 0) is 0 Å². The van der Waals surface area contributed by atoms with E-state index in [1.807, 2.05) is 0 Å². The van der Waals surface area contributed by atoms with E-state index in [-0.39, 0.29) is 8.80 Å². The second-order valence-corrected chi connectivity index (χ2v) is 27.0. The maximum absolute atomic E-state index is 6.47. The highest BCUT2D eigenvalue weighted by Gasteiger charge is 2.69. The molecule has 1 atom stereocenters. The largest absolute Gasteiger partial charge is 0.413 e. The molecule has 0 N–H and O–H groups in total. The molecule has 1 aliphatic rings. The van der Waals surface area contributed by atoms with Crippen molar-refractivity contribution in [3.63, 3.8) is 0 Å². The molecule has 1 rings (SSSR count). The molecule has 0 aromatic carbocycles. The maximum atomic E-state index is 6.47. The molecular weight excluding hydrogens is 354 g/mol. The van der Waals surface area contributed by atoms with Gasteiger partial charge >= 0.3 is 6.16 Å². The number of nitrogens with zero attached hydrogens (tertiary/aromatic N) is 2. The van der Waals surface area contributed by atoms with Gasteiger partial charge in [0.15, 0.2) is 8.40 Å². The zero-order valence-corrected chi connectivity index (χ0v) is 17.1. The Morgan fingerprint density at radius 3 is 1.88 bits per heavy atom. The summed E-state index contributed by atoms with van der Waals surface area (Å²) in [4.78, 5) is 0. The highest BCUT2D eigenvalue weighted by Crippen LogP contribution is 2.49. The van der Waals surface area contributed by atoms with Crippen molar-refractivity contribution in [3.8, 4) is 0 Å². The van der Waals surface area contributed by atoms with Gasteiger partial charge in [-0.05, 0) is 37.1 Å². The van der Waals surface area contributed by atoms with E-state index in [4.69, 9.17) is 45.0 Å². The van der Waals surface area contributed by atoms with Gasteiger partial charge in [-0.1, -0.05) is 13.1 Å². The molecule has 0 bridgehead atoms. The standard InChI is InChI=1S/C6H17Cl4N2Si4/c1-13(2)6-15(5)11(7)14(3,4)12(15)16(8,9)10/h6H2,1-5H3. The third-order valence-corrected chi connectivity index (χ3v) is 30.4. The molecule has 0 aliphatic carbocycles. The molecule has 16 heavy (non-hydrogen) atoms. The van der Waals surface area contributed by atoms with Crippen LogP contribution in [0.1, 0.15) is 0 Å². The summed E-state index contributed by atoms with van der Waals surface area (Å²) in [5.74, 6) is 0. The van der Waals surface area contributed by atoms with Crippen LogP contribution in [0.5, 0.6) is 0 Å². The fourth-order valence-corrected chi connectivity index (χ4v) is 39.8. The molecule has 10 heteroatoms. The molecule has 1 saturated heterocycles. The lowest BCUT2D eigenvalue weighted by Gasteiger charge is -2.67. The lowest BCUT2D eigenvalue weighted by atomic mass is 11.8. The molecule has 2 nitrogen and oxygen atoms in total. The van der Waals surface area contributed by atoms with Gasteiger partial charge in [0.05, 0.1) is 0 Å². The van der Waals surface area contributed by atoms with Gasteiger partial charge in [0.2, 0.25) is 8.40 Å². The summed E-state index contributed by atoms with van der Waals surface area (Å²) in [7, 11) is -4.07. The Hall–Kier alpha value is 1.95. The smallest absolute Gasteiger partial charge is 0.306 e. The molecule has 1 fully saturated rings. The minimum Gasteiger partial charge on any atom is -0.306 e. The highest BCUT2D eigenvalue weighted by molar-refractivity contribution is 7.67. The Labute approximate surface area is 122 Å². The summed E-state index contributed by atoms with van der Waals surface area (Å²) in [5.41, 5.74) is 1.15. The first-order valence-electron chi connectivity index (χ1n) is 5.06. The first-order valence-corrected chi connectivity index (χ1v) is 18.6. The van der Waals surface area contributed by atoms with Crippen LogP contribution < -0.4 is 0 Å². The number of hydrogen-bond acceptors (Lipinski definition) is 2. The van der Waals surface area contributed by atoms with Crippen LogP contribution in [0.15, 0.2) is 0 Å². The van der Waals surface area contributed by atoms with Crippen molar-refractivity contribution in [2.45, 2.75) is 38.4 Å². The molecule has 0 saturated carbocycles. The average Bonchev–Trinajstić information content (AvgIpc) is 1.97. The molecule has 0 aromatic rings. The SMILES string of the molecule is C[Si](C)C[Si]1(C)N(Cl)[Si](C)(C)N1[Si](Cl)(Cl)Cl. The molecule has 95 valence electrons. The summed E-state index contributed by atoms with van der Waals surface area (Å²) in [6.45, 7) is 11.1. The van der Waals surface area contributed by atoms with Gasteiger partial charge in [0.25, 0.3) is 0 Å². The Morgan fingerprint density at radius 2 is 1.56 bits per heavy atom. The fourth-order valence-electron chi connectivity index (χ4n) is 2.71. The van der Waals surface area contributed by atoms with Crippen molar-refractivity contribution in [2.75, 3.05) is 0 Å². The first kappa shape index (κ1) is 16.0. The van der Waals surface area contributed by atoms with Crippen LogP contribution >= 0.6 is 45.0 Å². The van der Waals surface area contributed by atoms with Crippen molar-refractivity contribution in [1.29, 1.82) is 0 Å². The van der Waals surface area contributed by atoms with Gasteiger partial charge in [0.1, 0.15) is 0 Å². The van der Waals surface area contributed by atoms with E-state index < -0.39 is 23.0 Å². The number of halogens is 4.